The van der Waals surface area contributed by atoms with Crippen LogP contribution in [0.2, 0.25) is 0 Å². The van der Waals surface area contributed by atoms with E-state index in [-0.39, 0.29) is 24.0 Å². The van der Waals surface area contributed by atoms with Crippen molar-refractivity contribution in [2.24, 2.45) is 5.73 Å². The van der Waals surface area contributed by atoms with Gasteiger partial charge in [0, 0.05) is 12.6 Å². The first-order chi connectivity index (χ1) is 8.72. The molecular weight excluding hydrogens is 284 g/mol. The highest BCUT2D eigenvalue weighted by Gasteiger charge is 2.17. The van der Waals surface area contributed by atoms with E-state index in [0.29, 0.717) is 11.2 Å². The zero-order chi connectivity index (χ0) is 12.5. The van der Waals surface area contributed by atoms with Gasteiger partial charge in [-0.2, -0.15) is 0 Å². The number of rotatable bonds is 2. The highest BCUT2D eigenvalue weighted by Crippen LogP contribution is 2.15. The zero-order valence-electron chi connectivity index (χ0n) is 10.5. The van der Waals surface area contributed by atoms with Gasteiger partial charge in [0.15, 0.2) is 0 Å². The third-order valence-electron chi connectivity index (χ3n) is 3.28. The van der Waals surface area contributed by atoms with E-state index in [4.69, 9.17) is 5.73 Å². The number of nitrogens with zero attached hydrogens (tertiary/aromatic N) is 2. The number of nitrogens with two attached hydrogens (primary N) is 1. The van der Waals surface area contributed by atoms with Crippen molar-refractivity contribution in [2.45, 2.75) is 25.4 Å². The Morgan fingerprint density at radius 1 is 1.58 bits per heavy atom. The Morgan fingerprint density at radius 3 is 3.21 bits per heavy atom. The first kappa shape index (κ1) is 14.5. The molecular formula is C12H17ClN4OS. The fraction of sp³-hybridized carbons (Fsp3) is 0.500. The summed E-state index contributed by atoms with van der Waals surface area (Å²) in [5.74, 6) is 0.736. The fourth-order valence-corrected chi connectivity index (χ4v) is 3.17. The molecule has 0 aliphatic carbocycles. The smallest absolute Gasteiger partial charge is 0.268 e. The highest BCUT2D eigenvalue weighted by molar-refractivity contribution is 7.17. The summed E-state index contributed by atoms with van der Waals surface area (Å²) in [7, 11) is 0. The van der Waals surface area contributed by atoms with E-state index in [0.717, 1.165) is 37.3 Å². The Labute approximate surface area is 121 Å². The van der Waals surface area contributed by atoms with Gasteiger partial charge in [-0.3, -0.25) is 9.69 Å². The second-order valence-corrected chi connectivity index (χ2v) is 5.70. The van der Waals surface area contributed by atoms with Crippen molar-refractivity contribution in [3.05, 3.63) is 27.6 Å². The molecule has 0 unspecified atom stereocenters. The van der Waals surface area contributed by atoms with Gasteiger partial charge in [-0.15, -0.1) is 23.7 Å². The Hall–Kier alpha value is -0.950. The molecule has 3 rings (SSSR count). The molecule has 0 aromatic carbocycles. The van der Waals surface area contributed by atoms with Crippen LogP contribution in [0.1, 0.15) is 18.7 Å². The maximum Gasteiger partial charge on any atom is 0.268 e. The number of H-pyrrole nitrogens is 1. The van der Waals surface area contributed by atoms with Crippen molar-refractivity contribution in [3.63, 3.8) is 0 Å². The minimum atomic E-state index is -0.0358. The third-order valence-corrected chi connectivity index (χ3v) is 4.18. The molecule has 1 fully saturated rings. The van der Waals surface area contributed by atoms with Gasteiger partial charge in [0.2, 0.25) is 0 Å². The van der Waals surface area contributed by atoms with Crippen LogP contribution in [0.25, 0.3) is 10.2 Å². The van der Waals surface area contributed by atoms with E-state index >= 15 is 0 Å². The second-order valence-electron chi connectivity index (χ2n) is 4.79. The second kappa shape index (κ2) is 6.00. The summed E-state index contributed by atoms with van der Waals surface area (Å²) in [6.07, 6.45) is 2.20. The molecule has 0 spiro atoms. The molecule has 104 valence electrons. The van der Waals surface area contributed by atoms with Gasteiger partial charge in [-0.25, -0.2) is 4.98 Å². The van der Waals surface area contributed by atoms with Crippen LogP contribution >= 0.6 is 23.7 Å². The zero-order valence-corrected chi connectivity index (χ0v) is 12.1. The highest BCUT2D eigenvalue weighted by atomic mass is 35.5. The molecule has 0 radical (unpaired) electrons. The molecule has 7 heteroatoms. The molecule has 3 heterocycles. The van der Waals surface area contributed by atoms with Gasteiger partial charge in [0.25, 0.3) is 5.56 Å². The summed E-state index contributed by atoms with van der Waals surface area (Å²) in [6.45, 7) is 2.58. The van der Waals surface area contributed by atoms with Crippen LogP contribution < -0.4 is 11.3 Å². The first-order valence-electron chi connectivity index (χ1n) is 6.17. The van der Waals surface area contributed by atoms with Crippen molar-refractivity contribution < 1.29 is 0 Å². The lowest BCUT2D eigenvalue weighted by Gasteiger charge is -2.30. The van der Waals surface area contributed by atoms with Gasteiger partial charge >= 0.3 is 0 Å². The van der Waals surface area contributed by atoms with Crippen molar-refractivity contribution in [2.75, 3.05) is 13.1 Å². The fourth-order valence-electron chi connectivity index (χ4n) is 2.44. The normalized spacial score (nSPS) is 20.4. The predicted octanol–water partition coefficient (Wildman–Crippen LogP) is 1.33. The maximum atomic E-state index is 11.8. The monoisotopic (exact) mass is 300 g/mol. The summed E-state index contributed by atoms with van der Waals surface area (Å²) in [5, 5.41) is 1.90. The number of fused-ring (bicyclic) bond motifs is 1. The Morgan fingerprint density at radius 2 is 2.42 bits per heavy atom. The van der Waals surface area contributed by atoms with Crippen LogP contribution in [0.3, 0.4) is 0 Å². The van der Waals surface area contributed by atoms with Crippen LogP contribution in [-0.2, 0) is 6.54 Å². The minimum absolute atomic E-state index is 0. The lowest BCUT2D eigenvalue weighted by Crippen LogP contribution is -2.42. The average molecular weight is 301 g/mol. The van der Waals surface area contributed by atoms with E-state index < -0.39 is 0 Å². The predicted molar refractivity (Wildman–Crippen MR) is 80.0 cm³/mol. The van der Waals surface area contributed by atoms with E-state index in [9.17, 15) is 4.79 Å². The number of hydrogen-bond donors (Lipinski definition) is 2. The Kier molecular flexibility index (Phi) is 4.57. The van der Waals surface area contributed by atoms with Crippen molar-refractivity contribution in [1.29, 1.82) is 0 Å². The summed E-state index contributed by atoms with van der Waals surface area (Å²) in [6, 6.07) is 2.14. The van der Waals surface area contributed by atoms with Gasteiger partial charge in [0.1, 0.15) is 10.5 Å². The molecule has 1 aliphatic heterocycles. The standard InChI is InChI=1S/C12H16N4OS.ClH/c13-8-2-1-4-16(6-8)7-10-14-9-3-5-18-11(9)12(17)15-10;/h3,5,8H,1-2,4,6-7,13H2,(H,14,15,17);1H/t8-;/m1./s1. The number of aromatic amines is 1. The van der Waals surface area contributed by atoms with Gasteiger partial charge < -0.3 is 10.7 Å². The molecule has 2 aromatic rings. The Bertz CT molecular complexity index is 611. The van der Waals surface area contributed by atoms with E-state index in [1.165, 1.54) is 11.3 Å². The number of piperidine rings is 1. The van der Waals surface area contributed by atoms with E-state index in [1.807, 2.05) is 11.4 Å². The molecule has 3 N–H and O–H groups in total. The van der Waals surface area contributed by atoms with E-state index in [2.05, 4.69) is 14.9 Å². The minimum Gasteiger partial charge on any atom is -0.327 e. The van der Waals surface area contributed by atoms with E-state index in [1.54, 1.807) is 0 Å². The number of hydrogen-bond acceptors (Lipinski definition) is 5. The first-order valence-corrected chi connectivity index (χ1v) is 7.04. The average Bonchev–Trinajstić information content (AvgIpc) is 2.77. The van der Waals surface area contributed by atoms with Crippen LogP contribution in [0.15, 0.2) is 16.2 Å². The quantitative estimate of drug-likeness (QED) is 0.877. The van der Waals surface area contributed by atoms with Gasteiger partial charge in [-0.1, -0.05) is 0 Å². The molecule has 0 bridgehead atoms. The van der Waals surface area contributed by atoms with Crippen LogP contribution in [0.5, 0.6) is 0 Å². The summed E-state index contributed by atoms with van der Waals surface area (Å²) < 4.78 is 0.703. The molecule has 1 atom stereocenters. The van der Waals surface area contributed by atoms with Crippen molar-refractivity contribution in [3.8, 4) is 0 Å². The Balaban J connectivity index is 0.00000133. The van der Waals surface area contributed by atoms with Crippen molar-refractivity contribution in [1.82, 2.24) is 14.9 Å². The third kappa shape index (κ3) is 3.14. The number of nitrogens with one attached hydrogen (secondary N) is 1. The van der Waals surface area contributed by atoms with Crippen LogP contribution in [0, 0.1) is 0 Å². The lowest BCUT2D eigenvalue weighted by atomic mass is 10.1. The summed E-state index contributed by atoms with van der Waals surface area (Å²) in [4.78, 5) is 21.4. The van der Waals surface area contributed by atoms with Crippen LogP contribution in [-0.4, -0.2) is 34.0 Å². The maximum absolute atomic E-state index is 11.8. The summed E-state index contributed by atoms with van der Waals surface area (Å²) in [5.41, 5.74) is 6.71. The molecule has 5 nitrogen and oxygen atoms in total. The molecule has 2 aromatic heterocycles. The lowest BCUT2D eigenvalue weighted by molar-refractivity contribution is 0.197. The SMILES string of the molecule is Cl.N[C@@H]1CCCN(Cc2nc3ccsc3c(=O)[nH]2)C1. The molecule has 0 amide bonds. The van der Waals surface area contributed by atoms with Gasteiger partial charge in [0.05, 0.1) is 12.1 Å². The number of likely N-dealkylation sites (tertiary alicyclic amines) is 1. The van der Waals surface area contributed by atoms with Crippen LogP contribution in [0.4, 0.5) is 0 Å². The molecule has 1 aliphatic rings. The molecule has 1 saturated heterocycles. The summed E-state index contributed by atoms with van der Waals surface area (Å²) >= 11 is 1.43. The topological polar surface area (TPSA) is 75.0 Å². The number of aromatic nitrogens is 2. The van der Waals surface area contributed by atoms with Crippen molar-refractivity contribution >= 4 is 34.0 Å². The number of thiophene rings is 1. The van der Waals surface area contributed by atoms with Gasteiger partial charge in [-0.05, 0) is 30.8 Å². The molecule has 19 heavy (non-hydrogen) atoms. The molecule has 0 saturated carbocycles. The largest absolute Gasteiger partial charge is 0.327 e. The number of halogens is 1.